The lowest BCUT2D eigenvalue weighted by molar-refractivity contribution is -0.160. The predicted octanol–water partition coefficient (Wildman–Crippen LogP) is 7.38. The summed E-state index contributed by atoms with van der Waals surface area (Å²) in [7, 11) is 0. The summed E-state index contributed by atoms with van der Waals surface area (Å²) in [6.07, 6.45) is 0.634. The van der Waals surface area contributed by atoms with Crippen molar-refractivity contribution in [2.24, 2.45) is 0 Å². The van der Waals surface area contributed by atoms with Crippen LogP contribution in [0.15, 0.2) is 139 Å². The Balaban J connectivity index is 1.62. The highest BCUT2D eigenvalue weighted by atomic mass is 16.6. The number of aliphatic hydroxyl groups is 1. The molecule has 0 saturated carbocycles. The fraction of sp³-hybridized carbons (Fsp3) is 0.121. The van der Waals surface area contributed by atoms with Crippen LogP contribution < -0.4 is 0 Å². The number of hydrogen-bond acceptors (Lipinski definition) is 3. The van der Waals surface area contributed by atoms with Gasteiger partial charge < -0.3 is 9.84 Å². The van der Waals surface area contributed by atoms with Gasteiger partial charge in [-0.3, -0.25) is 0 Å². The van der Waals surface area contributed by atoms with E-state index in [1.54, 1.807) is 0 Å². The molecule has 5 rings (SSSR count). The predicted molar refractivity (Wildman–Crippen MR) is 143 cm³/mol. The molecule has 4 aromatic rings. The maximum absolute atomic E-state index is 13.9. The van der Waals surface area contributed by atoms with Crippen molar-refractivity contribution < 1.29 is 14.6 Å². The Bertz CT molecular complexity index is 1380. The molecule has 0 saturated heterocycles. The second-order valence-corrected chi connectivity index (χ2v) is 9.18. The van der Waals surface area contributed by atoms with Crippen LogP contribution in [0.3, 0.4) is 0 Å². The average Bonchev–Trinajstić information content (AvgIpc) is 2.92. The molecule has 1 heterocycles. The minimum absolute atomic E-state index is 0.0389. The lowest BCUT2D eigenvalue weighted by Crippen LogP contribution is -2.41. The van der Waals surface area contributed by atoms with Gasteiger partial charge in [0.15, 0.2) is 0 Å². The molecule has 0 bridgehead atoms. The quantitative estimate of drug-likeness (QED) is 0.285. The summed E-state index contributed by atoms with van der Waals surface area (Å²) in [5, 5.41) is 11.6. The standard InChI is InChI=1S/C33H28O3/c1-24(26-16-8-3-9-17-26)30(27-18-10-4-11-19-27)31-29(34)23-33(36-32(31)35,28-20-12-5-13-21-28)22-25-14-6-2-7-15-25/h2-21,30,34H,1,22-23H2. The van der Waals surface area contributed by atoms with Crippen LogP contribution in [0, 0.1) is 0 Å². The zero-order valence-electron chi connectivity index (χ0n) is 20.0. The van der Waals surface area contributed by atoms with Crippen molar-refractivity contribution in [2.75, 3.05) is 0 Å². The Hall–Kier alpha value is -4.37. The summed E-state index contributed by atoms with van der Waals surface area (Å²) >= 11 is 0. The van der Waals surface area contributed by atoms with E-state index in [1.807, 2.05) is 121 Å². The molecule has 1 N–H and O–H groups in total. The van der Waals surface area contributed by atoms with Gasteiger partial charge in [-0.05, 0) is 27.8 Å². The fourth-order valence-electron chi connectivity index (χ4n) is 5.07. The molecule has 0 radical (unpaired) electrons. The molecule has 4 aromatic carbocycles. The first-order chi connectivity index (χ1) is 17.6. The zero-order chi connectivity index (χ0) is 25.0. The van der Waals surface area contributed by atoms with Gasteiger partial charge in [-0.25, -0.2) is 4.79 Å². The average molecular weight is 473 g/mol. The summed E-state index contributed by atoms with van der Waals surface area (Å²) < 4.78 is 6.34. The van der Waals surface area contributed by atoms with Crippen LogP contribution in [0.1, 0.15) is 34.6 Å². The minimum Gasteiger partial charge on any atom is -0.512 e. The van der Waals surface area contributed by atoms with E-state index in [0.29, 0.717) is 6.42 Å². The number of benzene rings is 4. The van der Waals surface area contributed by atoms with Gasteiger partial charge in [0.1, 0.15) is 11.4 Å². The Labute approximate surface area is 212 Å². The number of cyclic esters (lactones) is 1. The van der Waals surface area contributed by atoms with E-state index >= 15 is 0 Å². The molecule has 0 aromatic heterocycles. The molecule has 2 unspecified atom stereocenters. The fourth-order valence-corrected chi connectivity index (χ4v) is 5.07. The van der Waals surface area contributed by atoms with Gasteiger partial charge in [0.05, 0.1) is 12.0 Å². The maximum atomic E-state index is 13.9. The Morgan fingerprint density at radius 3 is 1.92 bits per heavy atom. The van der Waals surface area contributed by atoms with Gasteiger partial charge in [-0.2, -0.15) is 0 Å². The van der Waals surface area contributed by atoms with Gasteiger partial charge in [-0.15, -0.1) is 0 Å². The number of ether oxygens (including phenoxy) is 1. The van der Waals surface area contributed by atoms with Gasteiger partial charge in [0.25, 0.3) is 0 Å². The van der Waals surface area contributed by atoms with E-state index in [2.05, 4.69) is 6.58 Å². The smallest absolute Gasteiger partial charge is 0.339 e. The van der Waals surface area contributed by atoms with Crippen LogP contribution in [-0.2, 0) is 21.6 Å². The molecule has 0 amide bonds. The van der Waals surface area contributed by atoms with E-state index in [1.165, 1.54) is 0 Å². The zero-order valence-corrected chi connectivity index (χ0v) is 20.0. The number of hydrogen-bond donors (Lipinski definition) is 1. The summed E-state index contributed by atoms with van der Waals surface area (Å²) in [5.74, 6) is -1.02. The van der Waals surface area contributed by atoms with Crippen molar-refractivity contribution in [2.45, 2.75) is 24.4 Å². The van der Waals surface area contributed by atoms with Crippen molar-refractivity contribution in [3.05, 3.63) is 161 Å². The van der Waals surface area contributed by atoms with E-state index in [4.69, 9.17) is 4.74 Å². The van der Waals surface area contributed by atoms with E-state index < -0.39 is 17.5 Å². The molecule has 0 fully saturated rings. The van der Waals surface area contributed by atoms with Crippen molar-refractivity contribution in [1.82, 2.24) is 0 Å². The second-order valence-electron chi connectivity index (χ2n) is 9.18. The van der Waals surface area contributed by atoms with Gasteiger partial charge in [-0.1, -0.05) is 128 Å². The van der Waals surface area contributed by atoms with Gasteiger partial charge in [0, 0.05) is 12.3 Å². The third-order valence-corrected chi connectivity index (χ3v) is 6.82. The van der Waals surface area contributed by atoms with Gasteiger partial charge in [0.2, 0.25) is 0 Å². The first kappa shape index (κ1) is 23.4. The molecule has 3 nitrogen and oxygen atoms in total. The van der Waals surface area contributed by atoms with Crippen molar-refractivity contribution in [1.29, 1.82) is 0 Å². The number of allylic oxidation sites excluding steroid dienone is 1. The monoisotopic (exact) mass is 472 g/mol. The van der Waals surface area contributed by atoms with Crippen LogP contribution in [0.25, 0.3) is 5.57 Å². The Morgan fingerprint density at radius 2 is 1.33 bits per heavy atom. The molecule has 0 aliphatic carbocycles. The normalized spacial score (nSPS) is 18.4. The third-order valence-electron chi connectivity index (χ3n) is 6.82. The van der Waals surface area contributed by atoms with Crippen LogP contribution in [0.5, 0.6) is 0 Å². The molecule has 36 heavy (non-hydrogen) atoms. The topological polar surface area (TPSA) is 46.5 Å². The number of esters is 1. The van der Waals surface area contributed by atoms with Crippen molar-refractivity contribution in [3.63, 3.8) is 0 Å². The van der Waals surface area contributed by atoms with Crippen molar-refractivity contribution >= 4 is 11.5 Å². The van der Waals surface area contributed by atoms with Gasteiger partial charge >= 0.3 is 5.97 Å². The lowest BCUT2D eigenvalue weighted by Gasteiger charge is -2.39. The summed E-state index contributed by atoms with van der Waals surface area (Å²) in [4.78, 5) is 13.9. The molecular formula is C33H28O3. The molecule has 0 spiro atoms. The largest absolute Gasteiger partial charge is 0.512 e. The SMILES string of the molecule is C=C(c1ccccc1)C(C1=C(O)CC(Cc2ccccc2)(c2ccccc2)OC1=O)c1ccccc1. The maximum Gasteiger partial charge on any atom is 0.339 e. The van der Waals surface area contributed by atoms with E-state index in [-0.39, 0.29) is 17.8 Å². The lowest BCUT2D eigenvalue weighted by atomic mass is 9.76. The number of carbonyl (C=O) groups excluding carboxylic acids is 1. The first-order valence-corrected chi connectivity index (χ1v) is 12.1. The van der Waals surface area contributed by atoms with Crippen LogP contribution >= 0.6 is 0 Å². The molecule has 1 aliphatic heterocycles. The first-order valence-electron chi connectivity index (χ1n) is 12.1. The van der Waals surface area contributed by atoms with Crippen LogP contribution in [0.4, 0.5) is 0 Å². The molecule has 3 heteroatoms. The molecular weight excluding hydrogens is 444 g/mol. The molecule has 1 aliphatic rings. The summed E-state index contributed by atoms with van der Waals surface area (Å²) in [5.41, 5.74) is 3.63. The van der Waals surface area contributed by atoms with E-state index in [9.17, 15) is 9.90 Å². The van der Waals surface area contributed by atoms with Crippen molar-refractivity contribution in [3.8, 4) is 0 Å². The highest BCUT2D eigenvalue weighted by Crippen LogP contribution is 2.46. The second kappa shape index (κ2) is 10.1. The van der Waals surface area contributed by atoms with Crippen LogP contribution in [-0.4, -0.2) is 11.1 Å². The Kier molecular flexibility index (Phi) is 6.55. The summed E-state index contributed by atoms with van der Waals surface area (Å²) in [6.45, 7) is 4.35. The number of aliphatic hydroxyl groups excluding tert-OH is 1. The summed E-state index contributed by atoms with van der Waals surface area (Å²) in [6, 6.07) is 39.1. The number of rotatable bonds is 7. The van der Waals surface area contributed by atoms with Crippen LogP contribution in [0.2, 0.25) is 0 Å². The highest BCUT2D eigenvalue weighted by molar-refractivity contribution is 5.96. The third kappa shape index (κ3) is 4.60. The minimum atomic E-state index is -1.01. The highest BCUT2D eigenvalue weighted by Gasteiger charge is 2.46. The van der Waals surface area contributed by atoms with E-state index in [0.717, 1.165) is 27.8 Å². The number of carbonyl (C=O) groups is 1. The molecule has 2 atom stereocenters. The Morgan fingerprint density at radius 1 is 0.806 bits per heavy atom. The molecule has 178 valence electrons.